The number of nitrogens with one attached hydrogen (secondary N) is 1. The lowest BCUT2D eigenvalue weighted by Gasteiger charge is -2.20. The number of ether oxygens (including phenoxy) is 1. The molecule has 0 bridgehead atoms. The number of methoxy groups -OCH3 is 1. The van der Waals surface area contributed by atoms with Crippen molar-refractivity contribution in [1.29, 1.82) is 0 Å². The number of anilines is 2. The van der Waals surface area contributed by atoms with E-state index in [1.54, 1.807) is 12.1 Å². The molecule has 0 aliphatic carbocycles. The lowest BCUT2D eigenvalue weighted by Crippen LogP contribution is -2.27. The smallest absolute Gasteiger partial charge is 0.264 e. The number of nitrogens with zero attached hydrogens (tertiary/aromatic N) is 1. The van der Waals surface area contributed by atoms with Gasteiger partial charge in [0.1, 0.15) is 11.6 Å². The fourth-order valence-corrected chi connectivity index (χ4v) is 4.19. The van der Waals surface area contributed by atoms with Crippen LogP contribution < -0.4 is 14.4 Å². The Kier molecular flexibility index (Phi) is 6.28. The van der Waals surface area contributed by atoms with Crippen molar-refractivity contribution in [2.24, 2.45) is 0 Å². The first-order valence-electron chi connectivity index (χ1n) is 8.72. The second-order valence-electron chi connectivity index (χ2n) is 6.25. The van der Waals surface area contributed by atoms with Crippen molar-refractivity contribution in [3.05, 3.63) is 83.1 Å². The summed E-state index contributed by atoms with van der Waals surface area (Å²) in [6.45, 7) is 0. The third kappa shape index (κ3) is 4.39. The molecule has 30 heavy (non-hydrogen) atoms. The van der Waals surface area contributed by atoms with Gasteiger partial charge in [-0.2, -0.15) is 0 Å². The maximum absolute atomic E-state index is 14.0. The summed E-state index contributed by atoms with van der Waals surface area (Å²) >= 11 is 5.97. The van der Waals surface area contributed by atoms with E-state index >= 15 is 0 Å². The lowest BCUT2D eigenvalue weighted by atomic mass is 10.2. The molecule has 0 radical (unpaired) electrons. The van der Waals surface area contributed by atoms with E-state index in [-0.39, 0.29) is 16.1 Å². The number of carbonyl (C=O) groups excluding carboxylic acids is 1. The van der Waals surface area contributed by atoms with Gasteiger partial charge in [0.15, 0.2) is 0 Å². The Balaban J connectivity index is 1.91. The van der Waals surface area contributed by atoms with Crippen LogP contribution in [0.4, 0.5) is 15.8 Å². The van der Waals surface area contributed by atoms with Gasteiger partial charge in [0.25, 0.3) is 15.9 Å². The number of hydrogen-bond acceptors (Lipinski definition) is 4. The molecule has 0 saturated carbocycles. The number of halogens is 2. The Morgan fingerprint density at radius 3 is 2.50 bits per heavy atom. The van der Waals surface area contributed by atoms with E-state index in [9.17, 15) is 17.6 Å². The van der Waals surface area contributed by atoms with E-state index in [1.807, 2.05) is 0 Å². The summed E-state index contributed by atoms with van der Waals surface area (Å²) in [5.74, 6) is -0.831. The van der Waals surface area contributed by atoms with Crippen LogP contribution in [0.5, 0.6) is 5.75 Å². The molecule has 3 rings (SSSR count). The first kappa shape index (κ1) is 21.6. The molecule has 0 aliphatic rings. The number of carbonyl (C=O) groups is 1. The summed E-state index contributed by atoms with van der Waals surface area (Å²) in [5.41, 5.74) is 0.336. The average Bonchev–Trinajstić information content (AvgIpc) is 2.74. The zero-order chi connectivity index (χ0) is 21.9. The minimum absolute atomic E-state index is 0.0973. The maximum atomic E-state index is 14.0. The van der Waals surface area contributed by atoms with E-state index in [0.717, 1.165) is 4.31 Å². The second kappa shape index (κ2) is 8.73. The Morgan fingerprint density at radius 2 is 1.80 bits per heavy atom. The van der Waals surface area contributed by atoms with Crippen molar-refractivity contribution in [2.75, 3.05) is 23.8 Å². The number of sulfonamides is 1. The van der Waals surface area contributed by atoms with Gasteiger partial charge in [-0.15, -0.1) is 0 Å². The quantitative estimate of drug-likeness (QED) is 0.599. The van der Waals surface area contributed by atoms with E-state index in [1.165, 1.54) is 68.8 Å². The van der Waals surface area contributed by atoms with Crippen molar-refractivity contribution >= 4 is 38.9 Å². The highest BCUT2D eigenvalue weighted by Gasteiger charge is 2.24. The zero-order valence-electron chi connectivity index (χ0n) is 16.1. The average molecular weight is 449 g/mol. The number of hydrogen-bond donors (Lipinski definition) is 1. The molecular formula is C21H18ClFN2O4S. The van der Waals surface area contributed by atoms with Gasteiger partial charge in [-0.05, 0) is 48.5 Å². The topological polar surface area (TPSA) is 75.7 Å². The number of benzene rings is 3. The molecule has 0 saturated heterocycles. The third-order valence-electron chi connectivity index (χ3n) is 4.36. The van der Waals surface area contributed by atoms with Gasteiger partial charge >= 0.3 is 0 Å². The Labute approximate surface area is 178 Å². The molecule has 9 heteroatoms. The Hall–Kier alpha value is -3.10. The summed E-state index contributed by atoms with van der Waals surface area (Å²) in [6, 6.07) is 15.7. The number of rotatable bonds is 6. The molecule has 0 aromatic heterocycles. The monoisotopic (exact) mass is 448 g/mol. The largest absolute Gasteiger partial charge is 0.495 e. The van der Waals surface area contributed by atoms with Gasteiger partial charge in [0.2, 0.25) is 0 Å². The minimum Gasteiger partial charge on any atom is -0.495 e. The van der Waals surface area contributed by atoms with E-state index in [4.69, 9.17) is 16.3 Å². The highest BCUT2D eigenvalue weighted by molar-refractivity contribution is 7.92. The molecule has 0 heterocycles. The summed E-state index contributed by atoms with van der Waals surface area (Å²) in [5, 5.41) is 3.05. The second-order valence-corrected chi connectivity index (χ2v) is 8.66. The van der Waals surface area contributed by atoms with Gasteiger partial charge < -0.3 is 10.1 Å². The van der Waals surface area contributed by atoms with Gasteiger partial charge in [0, 0.05) is 17.6 Å². The summed E-state index contributed by atoms with van der Waals surface area (Å²) in [4.78, 5) is 12.5. The predicted octanol–water partition coefficient (Wildman–Crippen LogP) is 4.57. The van der Waals surface area contributed by atoms with Crippen LogP contribution in [0.3, 0.4) is 0 Å². The van der Waals surface area contributed by atoms with E-state index in [0.29, 0.717) is 16.5 Å². The first-order chi connectivity index (χ1) is 14.2. The molecule has 0 unspecified atom stereocenters. The van der Waals surface area contributed by atoms with Gasteiger partial charge in [0.05, 0.1) is 23.4 Å². The highest BCUT2D eigenvalue weighted by atomic mass is 35.5. The van der Waals surface area contributed by atoms with E-state index < -0.39 is 21.7 Å². The number of amides is 1. The van der Waals surface area contributed by atoms with Crippen molar-refractivity contribution in [3.63, 3.8) is 0 Å². The fraction of sp³-hybridized carbons (Fsp3) is 0.0952. The molecule has 0 aliphatic heterocycles. The molecule has 1 N–H and O–H groups in total. The van der Waals surface area contributed by atoms with Crippen LogP contribution in [0.25, 0.3) is 0 Å². The molecular weight excluding hydrogens is 431 g/mol. The molecule has 3 aromatic carbocycles. The van der Waals surface area contributed by atoms with Gasteiger partial charge in [-0.25, -0.2) is 12.8 Å². The van der Waals surface area contributed by atoms with Crippen LogP contribution in [-0.2, 0) is 10.0 Å². The summed E-state index contributed by atoms with van der Waals surface area (Å²) in [6.07, 6.45) is 0. The maximum Gasteiger partial charge on any atom is 0.264 e. The predicted molar refractivity (Wildman–Crippen MR) is 114 cm³/mol. The summed E-state index contributed by atoms with van der Waals surface area (Å²) in [7, 11) is -1.40. The minimum atomic E-state index is -4.10. The molecule has 3 aromatic rings. The van der Waals surface area contributed by atoms with Crippen LogP contribution >= 0.6 is 11.6 Å². The fourth-order valence-electron chi connectivity index (χ4n) is 2.76. The molecule has 1 amide bonds. The van der Waals surface area contributed by atoms with Crippen molar-refractivity contribution in [2.45, 2.75) is 4.90 Å². The van der Waals surface area contributed by atoms with Gasteiger partial charge in [-0.3, -0.25) is 9.10 Å². The lowest BCUT2D eigenvalue weighted by molar-refractivity contribution is 0.102. The first-order valence-corrected chi connectivity index (χ1v) is 10.5. The number of para-hydroxylation sites is 1. The third-order valence-corrected chi connectivity index (χ3v) is 6.36. The summed E-state index contributed by atoms with van der Waals surface area (Å²) < 4.78 is 46.0. The van der Waals surface area contributed by atoms with Crippen LogP contribution in [0.2, 0.25) is 5.02 Å². The van der Waals surface area contributed by atoms with Crippen LogP contribution in [0.1, 0.15) is 10.4 Å². The zero-order valence-corrected chi connectivity index (χ0v) is 17.7. The van der Waals surface area contributed by atoms with Gasteiger partial charge in [-0.1, -0.05) is 29.8 Å². The normalized spacial score (nSPS) is 11.1. The van der Waals surface area contributed by atoms with Crippen LogP contribution in [0.15, 0.2) is 71.6 Å². The van der Waals surface area contributed by atoms with Crippen LogP contribution in [0, 0.1) is 5.82 Å². The van der Waals surface area contributed by atoms with Crippen molar-refractivity contribution in [3.8, 4) is 5.75 Å². The molecule has 6 nitrogen and oxygen atoms in total. The molecule has 156 valence electrons. The van der Waals surface area contributed by atoms with E-state index in [2.05, 4.69) is 5.32 Å². The Bertz CT molecular complexity index is 1200. The SMILES string of the molecule is COc1ccc(Cl)cc1NC(=O)c1cccc(S(=O)(=O)N(C)c2ccccc2F)c1. The van der Waals surface area contributed by atoms with Crippen molar-refractivity contribution in [1.82, 2.24) is 0 Å². The Morgan fingerprint density at radius 1 is 1.07 bits per heavy atom. The molecule has 0 atom stereocenters. The van der Waals surface area contributed by atoms with Crippen molar-refractivity contribution < 1.29 is 22.3 Å². The van der Waals surface area contributed by atoms with Crippen LogP contribution in [-0.4, -0.2) is 28.5 Å². The molecule has 0 spiro atoms. The molecule has 0 fully saturated rings. The highest BCUT2D eigenvalue weighted by Crippen LogP contribution is 2.29. The standard InChI is InChI=1S/C21H18ClFN2O4S/c1-25(19-9-4-3-8-17(19)23)30(27,28)16-7-5-6-14(12-16)21(26)24-18-13-15(22)10-11-20(18)29-2/h3-13H,1-2H3,(H,24,26).